The Kier molecular flexibility index (Phi) is 8.08. The summed E-state index contributed by atoms with van der Waals surface area (Å²) in [7, 11) is -3.64. The van der Waals surface area contributed by atoms with E-state index in [1.807, 2.05) is 48.7 Å². The molecule has 0 aliphatic carbocycles. The Balaban J connectivity index is 1.72. The van der Waals surface area contributed by atoms with Crippen LogP contribution in [-0.4, -0.2) is 52.1 Å². The molecule has 11 heteroatoms. The molecule has 0 atom stereocenters. The lowest BCUT2D eigenvalue weighted by Crippen LogP contribution is -2.30. The van der Waals surface area contributed by atoms with Crippen molar-refractivity contribution in [2.75, 3.05) is 18.8 Å². The maximum atomic E-state index is 13.1. The molecule has 4 aromatic rings. The third-order valence-corrected chi connectivity index (χ3v) is 9.51. The summed E-state index contributed by atoms with van der Waals surface area (Å²) in [6.07, 6.45) is 0. The number of rotatable bonds is 10. The maximum absolute atomic E-state index is 13.1. The molecule has 0 aliphatic rings. The number of halogens is 1. The molecule has 0 radical (unpaired) electrons. The molecule has 0 saturated carbocycles. The van der Waals surface area contributed by atoms with Gasteiger partial charge in [0.1, 0.15) is 0 Å². The first-order chi connectivity index (χ1) is 16.8. The van der Waals surface area contributed by atoms with Gasteiger partial charge in [0, 0.05) is 24.3 Å². The Morgan fingerprint density at radius 3 is 2.43 bits per heavy atom. The Bertz CT molecular complexity index is 1430. The minimum atomic E-state index is -3.64. The first-order valence-electron chi connectivity index (χ1n) is 10.9. The van der Waals surface area contributed by atoms with Crippen LogP contribution in [0.1, 0.15) is 23.5 Å². The van der Waals surface area contributed by atoms with Crippen LogP contribution >= 0.6 is 34.7 Å². The van der Waals surface area contributed by atoms with E-state index in [0.29, 0.717) is 38.8 Å². The van der Waals surface area contributed by atoms with Crippen LogP contribution in [0.15, 0.2) is 76.8 Å². The second kappa shape index (κ2) is 11.0. The summed E-state index contributed by atoms with van der Waals surface area (Å²) in [4.78, 5) is 13.4. The summed E-state index contributed by atoms with van der Waals surface area (Å²) in [5.41, 5.74) is 1.41. The second-order valence-corrected chi connectivity index (χ2v) is 12.0. The lowest BCUT2D eigenvalue weighted by Gasteiger charge is -2.18. The Labute approximate surface area is 217 Å². The van der Waals surface area contributed by atoms with Gasteiger partial charge in [-0.1, -0.05) is 67.5 Å². The van der Waals surface area contributed by atoms with Crippen molar-refractivity contribution in [1.82, 2.24) is 19.1 Å². The number of Topliss-reactive ketones (excluding diaryl/α,β-unsaturated/α-hetero) is 1. The van der Waals surface area contributed by atoms with Gasteiger partial charge in [-0.05, 0) is 36.4 Å². The molecular formula is C24H23ClN4O3S3. The number of thiophene rings is 1. The Hall–Kier alpha value is -2.50. The molecule has 182 valence electrons. The molecular weight excluding hydrogens is 524 g/mol. The third kappa shape index (κ3) is 5.52. The fraction of sp³-hybridized carbons (Fsp3) is 0.208. The van der Waals surface area contributed by atoms with Crippen molar-refractivity contribution in [3.8, 4) is 17.1 Å². The molecule has 0 spiro atoms. The number of para-hydroxylation sites is 1. The predicted octanol–water partition coefficient (Wildman–Crippen LogP) is 5.65. The molecule has 0 saturated heterocycles. The summed E-state index contributed by atoms with van der Waals surface area (Å²) >= 11 is 8.48. The fourth-order valence-electron chi connectivity index (χ4n) is 3.53. The summed E-state index contributed by atoms with van der Waals surface area (Å²) in [6, 6.07) is 19.6. The van der Waals surface area contributed by atoms with Crippen LogP contribution in [0.3, 0.4) is 0 Å². The average molecular weight is 547 g/mol. The Morgan fingerprint density at radius 2 is 1.77 bits per heavy atom. The van der Waals surface area contributed by atoms with Gasteiger partial charge in [0.2, 0.25) is 10.0 Å². The monoisotopic (exact) mass is 546 g/mol. The number of ketones is 1. The average Bonchev–Trinajstić information content (AvgIpc) is 3.50. The zero-order valence-corrected chi connectivity index (χ0v) is 22.3. The second-order valence-electron chi connectivity index (χ2n) is 7.41. The van der Waals surface area contributed by atoms with Crippen LogP contribution < -0.4 is 0 Å². The van der Waals surface area contributed by atoms with Gasteiger partial charge in [0.05, 0.1) is 19.9 Å². The fourth-order valence-corrected chi connectivity index (χ4v) is 6.95. The highest BCUT2D eigenvalue weighted by atomic mass is 35.5. The number of aromatic nitrogens is 3. The molecule has 0 fully saturated rings. The van der Waals surface area contributed by atoms with Gasteiger partial charge in [0.25, 0.3) is 0 Å². The predicted molar refractivity (Wildman–Crippen MR) is 141 cm³/mol. The number of hydrogen-bond acceptors (Lipinski definition) is 7. The van der Waals surface area contributed by atoms with Crippen LogP contribution in [0.4, 0.5) is 0 Å². The molecule has 4 rings (SSSR count). The molecule has 2 aromatic heterocycles. The number of carbonyl (C=O) groups excluding carboxylic acids is 1. The summed E-state index contributed by atoms with van der Waals surface area (Å²) in [5.74, 6) is 0.600. The molecule has 0 N–H and O–H groups in total. The van der Waals surface area contributed by atoms with E-state index in [1.165, 1.54) is 27.4 Å². The highest BCUT2D eigenvalue weighted by Gasteiger charge is 2.24. The first-order valence-corrected chi connectivity index (χ1v) is 14.5. The van der Waals surface area contributed by atoms with Gasteiger partial charge in [0.15, 0.2) is 16.8 Å². The van der Waals surface area contributed by atoms with Crippen molar-refractivity contribution in [1.29, 1.82) is 0 Å². The summed E-state index contributed by atoms with van der Waals surface area (Å²) in [6.45, 7) is 4.39. The summed E-state index contributed by atoms with van der Waals surface area (Å²) in [5, 5.41) is 9.25. The van der Waals surface area contributed by atoms with E-state index >= 15 is 0 Å². The molecule has 7 nitrogen and oxygen atoms in total. The number of carbonyl (C=O) groups is 1. The molecule has 0 bridgehead atoms. The normalized spacial score (nSPS) is 11.8. The van der Waals surface area contributed by atoms with Gasteiger partial charge in [-0.15, -0.1) is 21.5 Å². The SMILES string of the molecule is CCN(CC)S(=O)(=O)c1cccc(-c2nnc(SCC(=O)c3ccc(Cl)s3)n2-c2ccccc2)c1. The number of hydrogen-bond donors (Lipinski definition) is 0. The van der Waals surface area contributed by atoms with Crippen molar-refractivity contribution in [3.63, 3.8) is 0 Å². The number of nitrogens with zero attached hydrogens (tertiary/aromatic N) is 4. The van der Waals surface area contributed by atoms with Crippen molar-refractivity contribution in [2.45, 2.75) is 23.9 Å². The highest BCUT2D eigenvalue weighted by Crippen LogP contribution is 2.31. The van der Waals surface area contributed by atoms with Crippen molar-refractivity contribution >= 4 is 50.5 Å². The summed E-state index contributed by atoms with van der Waals surface area (Å²) < 4.78 is 30.0. The van der Waals surface area contributed by atoms with Crippen LogP contribution in [-0.2, 0) is 10.0 Å². The molecule has 2 aromatic carbocycles. The highest BCUT2D eigenvalue weighted by molar-refractivity contribution is 7.99. The zero-order chi connectivity index (χ0) is 25.0. The van der Waals surface area contributed by atoms with Gasteiger partial charge in [-0.2, -0.15) is 4.31 Å². The topological polar surface area (TPSA) is 85.2 Å². The Morgan fingerprint density at radius 1 is 1.03 bits per heavy atom. The molecule has 0 aliphatic heterocycles. The minimum absolute atomic E-state index is 0.0524. The molecule has 2 heterocycles. The molecule has 35 heavy (non-hydrogen) atoms. The van der Waals surface area contributed by atoms with E-state index in [4.69, 9.17) is 11.6 Å². The lowest BCUT2D eigenvalue weighted by atomic mass is 10.2. The lowest BCUT2D eigenvalue weighted by molar-refractivity contribution is 0.102. The van der Waals surface area contributed by atoms with Gasteiger partial charge >= 0.3 is 0 Å². The van der Waals surface area contributed by atoms with E-state index in [1.54, 1.807) is 36.4 Å². The minimum Gasteiger partial charge on any atom is -0.292 e. The van der Waals surface area contributed by atoms with Crippen LogP contribution in [0.25, 0.3) is 17.1 Å². The van der Waals surface area contributed by atoms with E-state index < -0.39 is 10.0 Å². The maximum Gasteiger partial charge on any atom is 0.243 e. The molecule has 0 amide bonds. The van der Waals surface area contributed by atoms with Crippen molar-refractivity contribution in [3.05, 3.63) is 75.9 Å². The molecule has 0 unspecified atom stereocenters. The quantitative estimate of drug-likeness (QED) is 0.189. The van der Waals surface area contributed by atoms with E-state index in [0.717, 1.165) is 5.69 Å². The van der Waals surface area contributed by atoms with Gasteiger partial charge in [-0.25, -0.2) is 8.42 Å². The van der Waals surface area contributed by atoms with E-state index in [-0.39, 0.29) is 16.4 Å². The first kappa shape index (κ1) is 25.6. The van der Waals surface area contributed by atoms with Crippen molar-refractivity contribution < 1.29 is 13.2 Å². The van der Waals surface area contributed by atoms with Gasteiger partial charge in [-0.3, -0.25) is 9.36 Å². The van der Waals surface area contributed by atoms with Crippen LogP contribution in [0.2, 0.25) is 4.34 Å². The number of sulfonamides is 1. The zero-order valence-electron chi connectivity index (χ0n) is 19.1. The van der Waals surface area contributed by atoms with Crippen molar-refractivity contribution in [2.24, 2.45) is 0 Å². The van der Waals surface area contributed by atoms with E-state index in [2.05, 4.69) is 10.2 Å². The smallest absolute Gasteiger partial charge is 0.243 e. The van der Waals surface area contributed by atoms with E-state index in [9.17, 15) is 13.2 Å². The van der Waals surface area contributed by atoms with Gasteiger partial charge < -0.3 is 0 Å². The number of benzene rings is 2. The van der Waals surface area contributed by atoms with Crippen LogP contribution in [0, 0.1) is 0 Å². The van der Waals surface area contributed by atoms with Crippen LogP contribution in [0.5, 0.6) is 0 Å². The standard InChI is InChI=1S/C24H23ClN4O3S3/c1-3-28(4-2)35(31,32)19-12-8-9-17(15-19)23-26-27-24(29(23)18-10-6-5-7-11-18)33-16-20(30)21-13-14-22(25)34-21/h5-15H,3-4,16H2,1-2H3. The number of thioether (sulfide) groups is 1. The third-order valence-electron chi connectivity index (χ3n) is 5.26. The largest absolute Gasteiger partial charge is 0.292 e.